The van der Waals surface area contributed by atoms with Gasteiger partial charge >= 0.3 is 5.97 Å². The Kier molecular flexibility index (Phi) is 7.17. The molecule has 0 saturated carbocycles. The van der Waals surface area contributed by atoms with Crippen molar-refractivity contribution in [2.75, 3.05) is 7.11 Å². The van der Waals surface area contributed by atoms with Gasteiger partial charge in [0.25, 0.3) is 0 Å². The highest BCUT2D eigenvalue weighted by molar-refractivity contribution is 5.91. The Bertz CT molecular complexity index is 871. The van der Waals surface area contributed by atoms with E-state index in [1.807, 2.05) is 91.0 Å². The molecule has 0 aromatic heterocycles. The maximum absolute atomic E-state index is 13.3. The molecule has 1 amide bonds. The van der Waals surface area contributed by atoms with Crippen LogP contribution >= 0.6 is 0 Å². The van der Waals surface area contributed by atoms with Crippen molar-refractivity contribution >= 4 is 11.9 Å². The molecule has 3 aromatic rings. The van der Waals surface area contributed by atoms with Crippen molar-refractivity contribution in [3.8, 4) is 0 Å². The smallest absolute Gasteiger partial charge is 0.328 e. The standard InChI is InChI=1S/C25H25NO3/c1-29-25(28)22(18-17-19-11-5-2-6-12-19)26-24(27)23(20-13-7-3-8-14-20)21-15-9-4-10-16-21/h2-16,22-23H,17-18H2,1H3,(H,26,27)/t22-/m0/s1. The third-order valence-corrected chi connectivity index (χ3v) is 4.89. The monoisotopic (exact) mass is 387 g/mol. The van der Waals surface area contributed by atoms with Crippen molar-refractivity contribution in [1.29, 1.82) is 0 Å². The molecule has 0 aliphatic rings. The Morgan fingerprint density at radius 1 is 0.793 bits per heavy atom. The third-order valence-electron chi connectivity index (χ3n) is 4.89. The fourth-order valence-corrected chi connectivity index (χ4v) is 3.39. The number of amides is 1. The van der Waals surface area contributed by atoms with Gasteiger partial charge < -0.3 is 10.1 Å². The summed E-state index contributed by atoms with van der Waals surface area (Å²) in [6, 6.07) is 28.3. The van der Waals surface area contributed by atoms with E-state index in [1.165, 1.54) is 7.11 Å². The van der Waals surface area contributed by atoms with E-state index in [0.717, 1.165) is 16.7 Å². The molecule has 0 aliphatic carbocycles. The molecule has 1 N–H and O–H groups in total. The molecule has 3 aromatic carbocycles. The average molecular weight is 387 g/mol. The first-order valence-corrected chi connectivity index (χ1v) is 9.71. The number of methoxy groups -OCH3 is 1. The Balaban J connectivity index is 1.80. The molecule has 0 saturated heterocycles. The molecule has 0 radical (unpaired) electrons. The van der Waals surface area contributed by atoms with Gasteiger partial charge in [-0.3, -0.25) is 4.79 Å². The van der Waals surface area contributed by atoms with E-state index < -0.39 is 17.9 Å². The lowest BCUT2D eigenvalue weighted by Gasteiger charge is -2.22. The highest BCUT2D eigenvalue weighted by atomic mass is 16.5. The average Bonchev–Trinajstić information content (AvgIpc) is 2.78. The van der Waals surface area contributed by atoms with Gasteiger partial charge in [0, 0.05) is 0 Å². The predicted molar refractivity (Wildman–Crippen MR) is 113 cm³/mol. The van der Waals surface area contributed by atoms with E-state index in [0.29, 0.717) is 12.8 Å². The first-order chi connectivity index (χ1) is 14.2. The topological polar surface area (TPSA) is 55.4 Å². The van der Waals surface area contributed by atoms with E-state index in [-0.39, 0.29) is 5.91 Å². The number of esters is 1. The van der Waals surface area contributed by atoms with Crippen LogP contribution in [-0.2, 0) is 20.7 Å². The van der Waals surface area contributed by atoms with Crippen LogP contribution in [0.4, 0.5) is 0 Å². The summed E-state index contributed by atoms with van der Waals surface area (Å²) in [5.41, 5.74) is 2.86. The lowest BCUT2D eigenvalue weighted by molar-refractivity contribution is -0.145. The number of carbonyl (C=O) groups excluding carboxylic acids is 2. The van der Waals surface area contributed by atoms with Gasteiger partial charge in [-0.25, -0.2) is 4.79 Å². The van der Waals surface area contributed by atoms with E-state index >= 15 is 0 Å². The molecule has 0 unspecified atom stereocenters. The number of nitrogens with one attached hydrogen (secondary N) is 1. The molecular formula is C25H25NO3. The van der Waals surface area contributed by atoms with Gasteiger partial charge in [0.15, 0.2) is 0 Å². The first kappa shape index (κ1) is 20.3. The highest BCUT2D eigenvalue weighted by Crippen LogP contribution is 2.25. The van der Waals surface area contributed by atoms with Crippen LogP contribution in [0.25, 0.3) is 0 Å². The number of benzene rings is 3. The Hall–Kier alpha value is -3.40. The zero-order chi connectivity index (χ0) is 20.5. The molecule has 4 heteroatoms. The number of aryl methyl sites for hydroxylation is 1. The summed E-state index contributed by atoms with van der Waals surface area (Å²) < 4.78 is 4.94. The van der Waals surface area contributed by atoms with Gasteiger partial charge in [-0.05, 0) is 29.5 Å². The molecule has 1 atom stereocenters. The van der Waals surface area contributed by atoms with Gasteiger partial charge in [0.1, 0.15) is 6.04 Å². The van der Waals surface area contributed by atoms with E-state index in [4.69, 9.17) is 4.74 Å². The van der Waals surface area contributed by atoms with Gasteiger partial charge in [0.2, 0.25) is 5.91 Å². The quantitative estimate of drug-likeness (QED) is 0.592. The highest BCUT2D eigenvalue weighted by Gasteiger charge is 2.28. The second-order valence-corrected chi connectivity index (χ2v) is 6.86. The maximum Gasteiger partial charge on any atom is 0.328 e. The lowest BCUT2D eigenvalue weighted by Crippen LogP contribution is -2.44. The minimum absolute atomic E-state index is 0.217. The maximum atomic E-state index is 13.3. The largest absolute Gasteiger partial charge is 0.467 e. The van der Waals surface area contributed by atoms with Crippen molar-refractivity contribution in [1.82, 2.24) is 5.32 Å². The van der Waals surface area contributed by atoms with Crippen LogP contribution < -0.4 is 5.32 Å². The zero-order valence-corrected chi connectivity index (χ0v) is 16.5. The number of rotatable bonds is 8. The second kappa shape index (κ2) is 10.2. The van der Waals surface area contributed by atoms with Crippen LogP contribution in [0.15, 0.2) is 91.0 Å². The number of ether oxygens (including phenoxy) is 1. The normalized spacial score (nSPS) is 11.7. The first-order valence-electron chi connectivity index (χ1n) is 9.71. The SMILES string of the molecule is COC(=O)[C@H](CCc1ccccc1)NC(=O)C(c1ccccc1)c1ccccc1. The summed E-state index contributed by atoms with van der Waals surface area (Å²) in [7, 11) is 1.34. The van der Waals surface area contributed by atoms with E-state index in [1.54, 1.807) is 0 Å². The van der Waals surface area contributed by atoms with Crippen LogP contribution in [0.3, 0.4) is 0 Å². The van der Waals surface area contributed by atoms with Crippen molar-refractivity contribution < 1.29 is 14.3 Å². The van der Waals surface area contributed by atoms with Crippen LogP contribution in [0.1, 0.15) is 29.0 Å². The summed E-state index contributed by atoms with van der Waals surface area (Å²) >= 11 is 0. The summed E-state index contributed by atoms with van der Waals surface area (Å²) in [6.45, 7) is 0. The molecular weight excluding hydrogens is 362 g/mol. The van der Waals surface area contributed by atoms with Crippen molar-refractivity contribution in [3.05, 3.63) is 108 Å². The van der Waals surface area contributed by atoms with Crippen molar-refractivity contribution in [2.45, 2.75) is 24.8 Å². The van der Waals surface area contributed by atoms with Crippen molar-refractivity contribution in [3.63, 3.8) is 0 Å². The van der Waals surface area contributed by atoms with Gasteiger partial charge in [-0.2, -0.15) is 0 Å². The molecule has 0 fully saturated rings. The molecule has 0 bridgehead atoms. The van der Waals surface area contributed by atoms with Crippen LogP contribution in [-0.4, -0.2) is 25.0 Å². The molecule has 0 spiro atoms. The minimum Gasteiger partial charge on any atom is -0.467 e. The predicted octanol–water partition coefficient (Wildman–Crippen LogP) is 4.11. The summed E-state index contributed by atoms with van der Waals surface area (Å²) in [6.07, 6.45) is 1.14. The van der Waals surface area contributed by atoms with Gasteiger partial charge in [0.05, 0.1) is 13.0 Å². The van der Waals surface area contributed by atoms with Crippen molar-refractivity contribution in [2.24, 2.45) is 0 Å². The number of carbonyl (C=O) groups is 2. The van der Waals surface area contributed by atoms with Gasteiger partial charge in [-0.1, -0.05) is 91.0 Å². The number of hydrogen-bond donors (Lipinski definition) is 1. The molecule has 0 heterocycles. The lowest BCUT2D eigenvalue weighted by atomic mass is 9.90. The fourth-order valence-electron chi connectivity index (χ4n) is 3.39. The Morgan fingerprint density at radius 3 is 1.76 bits per heavy atom. The van der Waals surface area contributed by atoms with Crippen LogP contribution in [0.5, 0.6) is 0 Å². The second-order valence-electron chi connectivity index (χ2n) is 6.86. The third kappa shape index (κ3) is 5.55. The zero-order valence-electron chi connectivity index (χ0n) is 16.5. The van der Waals surface area contributed by atoms with E-state index in [9.17, 15) is 9.59 Å². The molecule has 3 rings (SSSR count). The van der Waals surface area contributed by atoms with Crippen LogP contribution in [0, 0.1) is 0 Å². The summed E-state index contributed by atoms with van der Waals surface area (Å²) in [5, 5.41) is 2.92. The van der Waals surface area contributed by atoms with Crippen LogP contribution in [0.2, 0.25) is 0 Å². The van der Waals surface area contributed by atoms with Gasteiger partial charge in [-0.15, -0.1) is 0 Å². The molecule has 29 heavy (non-hydrogen) atoms. The fraction of sp³-hybridized carbons (Fsp3) is 0.200. The summed E-state index contributed by atoms with van der Waals surface area (Å²) in [5.74, 6) is -1.15. The molecule has 148 valence electrons. The van der Waals surface area contributed by atoms with E-state index in [2.05, 4.69) is 5.32 Å². The minimum atomic E-state index is -0.706. The number of hydrogen-bond acceptors (Lipinski definition) is 3. The molecule has 0 aliphatic heterocycles. The Labute approximate surface area is 171 Å². The molecule has 4 nitrogen and oxygen atoms in total. The summed E-state index contributed by atoms with van der Waals surface area (Å²) in [4.78, 5) is 25.6. The Morgan fingerprint density at radius 2 is 1.28 bits per heavy atom.